The Morgan fingerprint density at radius 3 is 2.00 bits per heavy atom. The summed E-state index contributed by atoms with van der Waals surface area (Å²) in [5.41, 5.74) is 2.44. The fraction of sp³-hybridized carbons (Fsp3) is 0.250. The highest BCUT2D eigenvalue weighted by molar-refractivity contribution is 9.09. The predicted octanol–water partition coefficient (Wildman–Crippen LogP) is 5.40. The van der Waals surface area contributed by atoms with E-state index in [4.69, 9.17) is 0 Å². The van der Waals surface area contributed by atoms with E-state index in [-0.39, 0.29) is 22.6 Å². The predicted molar refractivity (Wildman–Crippen MR) is 77.6 cm³/mol. The Morgan fingerprint density at radius 1 is 1.00 bits per heavy atom. The van der Waals surface area contributed by atoms with Gasteiger partial charge in [0.2, 0.25) is 0 Å². The average Bonchev–Trinajstić information content (AvgIpc) is 2.32. The van der Waals surface area contributed by atoms with Gasteiger partial charge in [0.05, 0.1) is 0 Å². The topological polar surface area (TPSA) is 0 Å². The van der Waals surface area contributed by atoms with Gasteiger partial charge < -0.3 is 0 Å². The summed E-state index contributed by atoms with van der Waals surface area (Å²) < 4.78 is 40.6. The maximum atomic E-state index is 13.7. The first-order valence-corrected chi connectivity index (χ1v) is 7.15. The molecule has 0 fully saturated rings. The second kappa shape index (κ2) is 6.00. The Morgan fingerprint density at radius 2 is 1.50 bits per heavy atom. The van der Waals surface area contributed by atoms with Crippen LogP contribution in [0.15, 0.2) is 30.3 Å². The molecule has 0 aliphatic rings. The van der Waals surface area contributed by atoms with Gasteiger partial charge in [-0.3, -0.25) is 0 Å². The molecule has 0 aliphatic heterocycles. The molecule has 0 saturated carbocycles. The van der Waals surface area contributed by atoms with E-state index in [0.717, 1.165) is 16.7 Å². The lowest BCUT2D eigenvalue weighted by Crippen LogP contribution is -2.05. The zero-order valence-electron chi connectivity index (χ0n) is 11.2. The van der Waals surface area contributed by atoms with E-state index in [1.54, 1.807) is 13.8 Å². The van der Waals surface area contributed by atoms with Gasteiger partial charge in [-0.2, -0.15) is 0 Å². The molecule has 106 valence electrons. The van der Waals surface area contributed by atoms with Gasteiger partial charge >= 0.3 is 0 Å². The quantitative estimate of drug-likeness (QED) is 0.655. The molecular formula is C16H14BrF3. The first-order valence-electron chi connectivity index (χ1n) is 6.23. The van der Waals surface area contributed by atoms with Gasteiger partial charge in [-0.25, -0.2) is 13.2 Å². The average molecular weight is 343 g/mol. The highest BCUT2D eigenvalue weighted by atomic mass is 79.9. The zero-order chi connectivity index (χ0) is 14.9. The molecule has 2 rings (SSSR count). The molecule has 0 bridgehead atoms. The number of rotatable bonds is 3. The second-order valence-corrected chi connectivity index (χ2v) is 5.93. The van der Waals surface area contributed by atoms with Crippen molar-refractivity contribution in [2.75, 3.05) is 0 Å². The van der Waals surface area contributed by atoms with Crippen LogP contribution in [-0.4, -0.2) is 0 Å². The van der Waals surface area contributed by atoms with Gasteiger partial charge in [-0.1, -0.05) is 22.0 Å². The van der Waals surface area contributed by atoms with Gasteiger partial charge in [0.25, 0.3) is 0 Å². The van der Waals surface area contributed by atoms with Crippen molar-refractivity contribution in [1.29, 1.82) is 0 Å². The molecule has 0 aromatic heterocycles. The molecule has 0 N–H and O–H groups in total. The highest BCUT2D eigenvalue weighted by Gasteiger charge is 2.18. The van der Waals surface area contributed by atoms with Crippen LogP contribution in [0.5, 0.6) is 0 Å². The number of alkyl halides is 1. The minimum Gasteiger partial charge on any atom is -0.207 e. The van der Waals surface area contributed by atoms with Crippen molar-refractivity contribution in [2.24, 2.45) is 0 Å². The molecule has 0 heterocycles. The van der Waals surface area contributed by atoms with Crippen molar-refractivity contribution in [3.8, 4) is 0 Å². The smallest absolute Gasteiger partial charge is 0.129 e. The van der Waals surface area contributed by atoms with Crippen LogP contribution >= 0.6 is 15.9 Å². The lowest BCUT2D eigenvalue weighted by atomic mass is 9.95. The standard InChI is InChI=1S/C16H14BrF3/c1-9-6-11(18)7-10(2)16(9)13(17)8-12-14(19)4-3-5-15(12)20/h3-7,13H,8H2,1-2H3. The van der Waals surface area contributed by atoms with Crippen molar-refractivity contribution in [3.63, 3.8) is 0 Å². The van der Waals surface area contributed by atoms with E-state index < -0.39 is 11.6 Å². The molecule has 4 heteroatoms. The van der Waals surface area contributed by atoms with E-state index in [1.165, 1.54) is 30.3 Å². The molecule has 1 atom stereocenters. The van der Waals surface area contributed by atoms with Crippen LogP contribution in [0.25, 0.3) is 0 Å². The van der Waals surface area contributed by atoms with E-state index in [9.17, 15) is 13.2 Å². The Kier molecular flexibility index (Phi) is 4.53. The van der Waals surface area contributed by atoms with E-state index in [2.05, 4.69) is 15.9 Å². The maximum absolute atomic E-state index is 13.7. The molecule has 0 radical (unpaired) electrons. The monoisotopic (exact) mass is 342 g/mol. The van der Waals surface area contributed by atoms with E-state index in [1.807, 2.05) is 0 Å². The van der Waals surface area contributed by atoms with Crippen LogP contribution in [0.2, 0.25) is 0 Å². The molecular weight excluding hydrogens is 329 g/mol. The minimum atomic E-state index is -0.563. The van der Waals surface area contributed by atoms with Crippen LogP contribution in [0, 0.1) is 31.3 Å². The molecule has 20 heavy (non-hydrogen) atoms. The molecule has 2 aromatic carbocycles. The third-order valence-corrected chi connectivity index (χ3v) is 4.10. The SMILES string of the molecule is Cc1cc(F)cc(C)c1C(Br)Cc1c(F)cccc1F. The summed E-state index contributed by atoms with van der Waals surface area (Å²) >= 11 is 3.46. The van der Waals surface area contributed by atoms with Crippen molar-refractivity contribution >= 4 is 15.9 Å². The van der Waals surface area contributed by atoms with Gasteiger partial charge in [0.15, 0.2) is 0 Å². The van der Waals surface area contributed by atoms with Crippen molar-refractivity contribution in [3.05, 3.63) is 70.0 Å². The first-order chi connectivity index (χ1) is 9.40. The normalized spacial score (nSPS) is 12.5. The number of halogens is 4. The summed E-state index contributed by atoms with van der Waals surface area (Å²) in [5.74, 6) is -1.43. The lowest BCUT2D eigenvalue weighted by molar-refractivity contribution is 0.553. The van der Waals surface area contributed by atoms with Gasteiger partial charge in [0, 0.05) is 10.4 Å². The Labute approximate surface area is 124 Å². The number of aryl methyl sites for hydroxylation is 2. The molecule has 1 unspecified atom stereocenters. The first kappa shape index (κ1) is 15.1. The summed E-state index contributed by atoms with van der Waals surface area (Å²) in [4.78, 5) is -0.269. The minimum absolute atomic E-state index is 0.0394. The van der Waals surface area contributed by atoms with Crippen LogP contribution in [0.1, 0.15) is 27.1 Å². The third kappa shape index (κ3) is 3.06. The Balaban J connectivity index is 2.36. The maximum Gasteiger partial charge on any atom is 0.129 e. The fourth-order valence-electron chi connectivity index (χ4n) is 2.42. The molecule has 0 spiro atoms. The summed E-state index contributed by atoms with van der Waals surface area (Å²) in [7, 11) is 0. The molecule has 0 aliphatic carbocycles. The number of hydrogen-bond acceptors (Lipinski definition) is 0. The van der Waals surface area contributed by atoms with Crippen molar-refractivity contribution in [1.82, 2.24) is 0 Å². The summed E-state index contributed by atoms with van der Waals surface area (Å²) in [6.07, 6.45) is 0.172. The molecule has 2 aromatic rings. The van der Waals surface area contributed by atoms with Gasteiger partial charge in [-0.05, 0) is 61.2 Å². The second-order valence-electron chi connectivity index (χ2n) is 4.83. The Bertz CT molecular complexity index is 594. The van der Waals surface area contributed by atoms with Gasteiger partial charge in [-0.15, -0.1) is 0 Å². The van der Waals surface area contributed by atoms with Crippen LogP contribution in [-0.2, 0) is 6.42 Å². The molecule has 0 saturated heterocycles. The van der Waals surface area contributed by atoms with Crippen LogP contribution < -0.4 is 0 Å². The largest absolute Gasteiger partial charge is 0.207 e. The Hall–Kier alpha value is -1.29. The van der Waals surface area contributed by atoms with Crippen LogP contribution in [0.3, 0.4) is 0 Å². The molecule has 0 amide bonds. The zero-order valence-corrected chi connectivity index (χ0v) is 12.8. The van der Waals surface area contributed by atoms with Crippen LogP contribution in [0.4, 0.5) is 13.2 Å². The van der Waals surface area contributed by atoms with Crippen molar-refractivity contribution in [2.45, 2.75) is 25.1 Å². The fourth-order valence-corrected chi connectivity index (χ4v) is 3.47. The number of benzene rings is 2. The highest BCUT2D eigenvalue weighted by Crippen LogP contribution is 2.33. The van der Waals surface area contributed by atoms with Gasteiger partial charge in [0.1, 0.15) is 17.5 Å². The summed E-state index contributed by atoms with van der Waals surface area (Å²) in [5, 5.41) is 0. The third-order valence-electron chi connectivity index (χ3n) is 3.32. The van der Waals surface area contributed by atoms with E-state index >= 15 is 0 Å². The van der Waals surface area contributed by atoms with Crippen molar-refractivity contribution < 1.29 is 13.2 Å². The summed E-state index contributed by atoms with van der Waals surface area (Å²) in [6.45, 7) is 3.58. The molecule has 0 nitrogen and oxygen atoms in total. The summed E-state index contributed by atoms with van der Waals surface area (Å²) in [6, 6.07) is 6.67. The van der Waals surface area contributed by atoms with E-state index in [0.29, 0.717) is 0 Å². The lowest BCUT2D eigenvalue weighted by Gasteiger charge is -2.17. The number of hydrogen-bond donors (Lipinski definition) is 0.